The molecule has 0 saturated carbocycles. The van der Waals surface area contributed by atoms with E-state index in [4.69, 9.17) is 0 Å². The molecule has 0 aromatic carbocycles. The minimum Gasteiger partial charge on any atom is -0.309 e. The van der Waals surface area contributed by atoms with Gasteiger partial charge >= 0.3 is 0 Å². The Labute approximate surface area is 106 Å². The fourth-order valence-corrected chi connectivity index (χ4v) is 2.08. The fourth-order valence-electron chi connectivity index (χ4n) is 2.08. The van der Waals surface area contributed by atoms with Crippen LogP contribution in [0.4, 0.5) is 0 Å². The minimum absolute atomic E-state index is 0.415. The van der Waals surface area contributed by atoms with Gasteiger partial charge in [-0.2, -0.15) is 0 Å². The molecule has 0 bridgehead atoms. The van der Waals surface area contributed by atoms with Gasteiger partial charge in [0.25, 0.3) is 0 Å². The molecule has 1 N–H and O–H groups in total. The fraction of sp³-hybridized carbons (Fsp3) is 0.667. The molecular weight excluding hydrogens is 208 g/mol. The third-order valence-electron chi connectivity index (χ3n) is 3.02. The molecule has 1 aromatic rings. The van der Waals surface area contributed by atoms with Crippen molar-refractivity contribution in [3.8, 4) is 0 Å². The third-order valence-corrected chi connectivity index (χ3v) is 3.02. The van der Waals surface area contributed by atoms with E-state index in [9.17, 15) is 0 Å². The number of pyridine rings is 1. The van der Waals surface area contributed by atoms with Crippen LogP contribution in [0.15, 0.2) is 18.3 Å². The number of hydrogen-bond acceptors (Lipinski definition) is 2. The van der Waals surface area contributed by atoms with Crippen LogP contribution in [-0.4, -0.2) is 11.5 Å². The maximum Gasteiger partial charge on any atom is 0.0575 e. The molecule has 0 radical (unpaired) electrons. The summed E-state index contributed by atoms with van der Waals surface area (Å²) in [4.78, 5) is 4.49. The van der Waals surface area contributed by atoms with Crippen LogP contribution >= 0.6 is 0 Å². The van der Waals surface area contributed by atoms with Crippen molar-refractivity contribution < 1.29 is 0 Å². The predicted molar refractivity (Wildman–Crippen MR) is 74.1 cm³/mol. The van der Waals surface area contributed by atoms with Crippen LogP contribution in [0, 0.1) is 12.8 Å². The Balaban J connectivity index is 2.58. The van der Waals surface area contributed by atoms with Crippen molar-refractivity contribution in [3.05, 3.63) is 29.6 Å². The van der Waals surface area contributed by atoms with Gasteiger partial charge in [0.05, 0.1) is 5.69 Å². The number of nitrogens with zero attached hydrogens (tertiary/aromatic N) is 1. The Hall–Kier alpha value is -0.890. The van der Waals surface area contributed by atoms with E-state index in [1.54, 1.807) is 0 Å². The summed E-state index contributed by atoms with van der Waals surface area (Å²) in [7, 11) is 0. The lowest BCUT2D eigenvalue weighted by atomic mass is 10.0. The van der Waals surface area contributed by atoms with E-state index >= 15 is 0 Å². The van der Waals surface area contributed by atoms with Crippen molar-refractivity contribution in [2.24, 2.45) is 5.92 Å². The molecule has 1 rings (SSSR count). The number of hydrogen-bond donors (Lipinski definition) is 1. The molecule has 0 amide bonds. The molecule has 96 valence electrons. The van der Waals surface area contributed by atoms with E-state index in [1.807, 2.05) is 6.20 Å². The van der Waals surface area contributed by atoms with Crippen LogP contribution in [0.3, 0.4) is 0 Å². The second-order valence-electron chi connectivity index (χ2n) is 5.19. The number of aryl methyl sites for hydroxylation is 1. The van der Waals surface area contributed by atoms with Crippen LogP contribution in [0.1, 0.15) is 57.3 Å². The normalized spacial score (nSPS) is 13.0. The third kappa shape index (κ3) is 5.31. The highest BCUT2D eigenvalue weighted by Gasteiger charge is 2.11. The Bertz CT molecular complexity index is 320. The Morgan fingerprint density at radius 1 is 1.29 bits per heavy atom. The first-order valence-corrected chi connectivity index (χ1v) is 6.79. The summed E-state index contributed by atoms with van der Waals surface area (Å²) in [5.74, 6) is 0.794. The van der Waals surface area contributed by atoms with E-state index < -0.39 is 0 Å². The van der Waals surface area contributed by atoms with Gasteiger partial charge in [0.1, 0.15) is 0 Å². The number of rotatable bonds is 7. The first-order valence-electron chi connectivity index (χ1n) is 6.79. The molecule has 0 fully saturated rings. The Morgan fingerprint density at radius 2 is 2.06 bits per heavy atom. The lowest BCUT2D eigenvalue weighted by Gasteiger charge is -2.18. The molecule has 2 nitrogen and oxygen atoms in total. The molecule has 0 aliphatic carbocycles. The summed E-state index contributed by atoms with van der Waals surface area (Å²) < 4.78 is 0. The highest BCUT2D eigenvalue weighted by Crippen LogP contribution is 2.19. The SMILES string of the molecule is CCNC(CCCC(C)C)c1cc(C)ccn1. The second kappa shape index (κ2) is 7.44. The summed E-state index contributed by atoms with van der Waals surface area (Å²) in [5, 5.41) is 3.54. The van der Waals surface area contributed by atoms with E-state index in [0.717, 1.165) is 12.5 Å². The zero-order chi connectivity index (χ0) is 12.7. The van der Waals surface area contributed by atoms with Crippen molar-refractivity contribution in [2.75, 3.05) is 6.54 Å². The molecule has 0 aliphatic rings. The lowest BCUT2D eigenvalue weighted by molar-refractivity contribution is 0.448. The van der Waals surface area contributed by atoms with Gasteiger partial charge in [0.15, 0.2) is 0 Å². The van der Waals surface area contributed by atoms with Crippen LogP contribution < -0.4 is 5.32 Å². The van der Waals surface area contributed by atoms with Crippen molar-refractivity contribution in [2.45, 2.75) is 53.0 Å². The number of aromatic nitrogens is 1. The zero-order valence-electron chi connectivity index (χ0n) is 11.7. The molecule has 1 heterocycles. The molecular formula is C15H26N2. The molecule has 17 heavy (non-hydrogen) atoms. The summed E-state index contributed by atoms with van der Waals surface area (Å²) in [6.07, 6.45) is 5.67. The van der Waals surface area contributed by atoms with Crippen molar-refractivity contribution >= 4 is 0 Å². The summed E-state index contributed by atoms with van der Waals surface area (Å²) in [6, 6.07) is 4.67. The van der Waals surface area contributed by atoms with Gasteiger partial charge in [-0.1, -0.05) is 33.6 Å². The molecule has 0 saturated heterocycles. The smallest absolute Gasteiger partial charge is 0.0575 e. The molecule has 1 atom stereocenters. The Kier molecular flexibility index (Phi) is 6.20. The van der Waals surface area contributed by atoms with Gasteiger partial charge in [-0.3, -0.25) is 4.98 Å². The average Bonchev–Trinajstić information content (AvgIpc) is 2.27. The minimum atomic E-state index is 0.415. The molecule has 0 aliphatic heterocycles. The standard InChI is InChI=1S/C15H26N2/c1-5-16-14(8-6-7-12(2)3)15-11-13(4)9-10-17-15/h9-12,14,16H,5-8H2,1-4H3. The lowest BCUT2D eigenvalue weighted by Crippen LogP contribution is -2.22. The molecule has 2 heteroatoms. The largest absolute Gasteiger partial charge is 0.309 e. The van der Waals surface area contributed by atoms with E-state index in [2.05, 4.69) is 50.1 Å². The number of nitrogens with one attached hydrogen (secondary N) is 1. The second-order valence-corrected chi connectivity index (χ2v) is 5.19. The van der Waals surface area contributed by atoms with Crippen LogP contribution in [0.2, 0.25) is 0 Å². The van der Waals surface area contributed by atoms with E-state index in [1.165, 1.54) is 30.5 Å². The highest BCUT2D eigenvalue weighted by molar-refractivity contribution is 5.17. The van der Waals surface area contributed by atoms with Crippen LogP contribution in [0.5, 0.6) is 0 Å². The zero-order valence-corrected chi connectivity index (χ0v) is 11.7. The maximum atomic E-state index is 4.49. The maximum absolute atomic E-state index is 4.49. The Morgan fingerprint density at radius 3 is 2.65 bits per heavy atom. The quantitative estimate of drug-likeness (QED) is 0.774. The van der Waals surface area contributed by atoms with Crippen LogP contribution in [-0.2, 0) is 0 Å². The van der Waals surface area contributed by atoms with Gasteiger partial charge in [-0.15, -0.1) is 0 Å². The van der Waals surface area contributed by atoms with Crippen molar-refractivity contribution in [3.63, 3.8) is 0 Å². The molecule has 1 aromatic heterocycles. The van der Waals surface area contributed by atoms with Crippen molar-refractivity contribution in [1.82, 2.24) is 10.3 Å². The first kappa shape index (κ1) is 14.2. The molecule has 0 spiro atoms. The van der Waals surface area contributed by atoms with Crippen molar-refractivity contribution in [1.29, 1.82) is 0 Å². The average molecular weight is 234 g/mol. The topological polar surface area (TPSA) is 24.9 Å². The predicted octanol–water partition coefficient (Wildman–Crippen LogP) is 3.87. The summed E-state index contributed by atoms with van der Waals surface area (Å²) in [6.45, 7) is 9.86. The highest BCUT2D eigenvalue weighted by atomic mass is 14.9. The van der Waals surface area contributed by atoms with Gasteiger partial charge in [-0.25, -0.2) is 0 Å². The van der Waals surface area contributed by atoms with Gasteiger partial charge in [-0.05, 0) is 43.5 Å². The van der Waals surface area contributed by atoms with Gasteiger partial charge < -0.3 is 5.32 Å². The van der Waals surface area contributed by atoms with Crippen LogP contribution in [0.25, 0.3) is 0 Å². The summed E-state index contributed by atoms with van der Waals surface area (Å²) >= 11 is 0. The van der Waals surface area contributed by atoms with Gasteiger partial charge in [0.2, 0.25) is 0 Å². The monoisotopic (exact) mass is 234 g/mol. The van der Waals surface area contributed by atoms with E-state index in [-0.39, 0.29) is 0 Å². The van der Waals surface area contributed by atoms with Gasteiger partial charge in [0, 0.05) is 12.2 Å². The first-order chi connectivity index (χ1) is 8.13. The molecule has 1 unspecified atom stereocenters. The van der Waals surface area contributed by atoms with E-state index in [0.29, 0.717) is 6.04 Å². The summed E-state index contributed by atoms with van der Waals surface area (Å²) in [5.41, 5.74) is 2.48.